The van der Waals surface area contributed by atoms with E-state index in [1.165, 1.54) is 12.3 Å². The van der Waals surface area contributed by atoms with Gasteiger partial charge in [0.15, 0.2) is 0 Å². The molecule has 1 heterocycles. The molecule has 26 heavy (non-hydrogen) atoms. The number of hydrogen-bond donors (Lipinski definition) is 2. The van der Waals surface area contributed by atoms with Gasteiger partial charge >= 0.3 is 0 Å². The zero-order chi connectivity index (χ0) is 18.4. The first kappa shape index (κ1) is 17.5. The fourth-order valence-electron chi connectivity index (χ4n) is 2.20. The van der Waals surface area contributed by atoms with Crippen molar-refractivity contribution < 1.29 is 14.0 Å². The maximum absolute atomic E-state index is 12.3. The number of rotatable bonds is 5. The Bertz CT molecular complexity index is 932. The molecule has 0 spiro atoms. The normalized spacial score (nSPS) is 10.7. The Morgan fingerprint density at radius 2 is 1.73 bits per heavy atom. The van der Waals surface area contributed by atoms with Crippen molar-refractivity contribution in [2.24, 2.45) is 0 Å². The smallest absolute Gasteiger partial charge is 0.255 e. The molecule has 0 unspecified atom stereocenters. The van der Waals surface area contributed by atoms with E-state index in [1.807, 2.05) is 0 Å². The Morgan fingerprint density at radius 1 is 0.923 bits per heavy atom. The molecule has 6 heteroatoms. The van der Waals surface area contributed by atoms with Crippen molar-refractivity contribution in [3.05, 3.63) is 89.3 Å². The molecule has 0 radical (unpaired) electrons. The molecule has 0 fully saturated rings. The van der Waals surface area contributed by atoms with Crippen molar-refractivity contribution in [2.45, 2.75) is 0 Å². The van der Waals surface area contributed by atoms with Gasteiger partial charge in [0.05, 0.1) is 6.26 Å². The predicted octanol–water partition coefficient (Wildman–Crippen LogP) is 4.84. The maximum Gasteiger partial charge on any atom is 0.255 e. The van der Waals surface area contributed by atoms with Crippen LogP contribution in [0.3, 0.4) is 0 Å². The standard InChI is InChI=1S/C20H15ClN2O3/c21-15-6-8-16(9-7-15)23-20(25)14-3-1-4-17(13-14)22-19(24)11-10-18-5-2-12-26-18/h1-13H,(H,22,24)(H,23,25)/b11-10+. The molecule has 130 valence electrons. The Kier molecular flexibility index (Phi) is 5.51. The fourth-order valence-corrected chi connectivity index (χ4v) is 2.33. The molecule has 2 amide bonds. The van der Waals surface area contributed by atoms with Crippen LogP contribution in [-0.2, 0) is 4.79 Å². The minimum Gasteiger partial charge on any atom is -0.465 e. The van der Waals surface area contributed by atoms with Gasteiger partial charge < -0.3 is 15.1 Å². The molecule has 0 saturated carbocycles. The molecule has 0 bridgehead atoms. The van der Waals surface area contributed by atoms with E-state index in [4.69, 9.17) is 16.0 Å². The number of benzene rings is 2. The lowest BCUT2D eigenvalue weighted by molar-refractivity contribution is -0.111. The molecule has 2 aromatic carbocycles. The number of anilines is 2. The van der Waals surface area contributed by atoms with E-state index in [-0.39, 0.29) is 11.8 Å². The van der Waals surface area contributed by atoms with Crippen LogP contribution >= 0.6 is 11.6 Å². The van der Waals surface area contributed by atoms with Crippen molar-refractivity contribution in [1.29, 1.82) is 0 Å². The highest BCUT2D eigenvalue weighted by Crippen LogP contribution is 2.16. The van der Waals surface area contributed by atoms with E-state index in [2.05, 4.69) is 10.6 Å². The lowest BCUT2D eigenvalue weighted by atomic mass is 10.1. The lowest BCUT2D eigenvalue weighted by Crippen LogP contribution is -2.13. The monoisotopic (exact) mass is 366 g/mol. The maximum atomic E-state index is 12.3. The van der Waals surface area contributed by atoms with E-state index in [0.717, 1.165) is 0 Å². The second-order valence-corrected chi connectivity index (χ2v) is 5.82. The number of hydrogen-bond acceptors (Lipinski definition) is 3. The molecule has 3 rings (SSSR count). The Balaban J connectivity index is 1.64. The average molecular weight is 367 g/mol. The summed E-state index contributed by atoms with van der Waals surface area (Å²) in [4.78, 5) is 24.3. The number of halogens is 1. The summed E-state index contributed by atoms with van der Waals surface area (Å²) in [5.74, 6) is -0.0255. The quantitative estimate of drug-likeness (QED) is 0.635. The van der Waals surface area contributed by atoms with Gasteiger partial charge in [-0.2, -0.15) is 0 Å². The lowest BCUT2D eigenvalue weighted by Gasteiger charge is -2.07. The average Bonchev–Trinajstić information content (AvgIpc) is 3.16. The molecule has 5 nitrogen and oxygen atoms in total. The van der Waals surface area contributed by atoms with Crippen molar-refractivity contribution >= 4 is 40.9 Å². The second kappa shape index (κ2) is 8.18. The van der Waals surface area contributed by atoms with E-state index in [9.17, 15) is 9.59 Å². The first-order chi connectivity index (χ1) is 12.6. The van der Waals surface area contributed by atoms with Crippen LogP contribution < -0.4 is 10.6 Å². The number of furan rings is 1. The second-order valence-electron chi connectivity index (χ2n) is 5.38. The zero-order valence-corrected chi connectivity index (χ0v) is 14.4. The summed E-state index contributed by atoms with van der Waals surface area (Å²) in [7, 11) is 0. The SMILES string of the molecule is O=C(/C=C/c1ccco1)Nc1cccc(C(=O)Nc2ccc(Cl)cc2)c1. The van der Waals surface area contributed by atoms with Gasteiger partial charge in [-0.15, -0.1) is 0 Å². The molecule has 0 aliphatic rings. The third kappa shape index (κ3) is 4.84. The topological polar surface area (TPSA) is 71.3 Å². The van der Waals surface area contributed by atoms with Crippen LogP contribution in [0.25, 0.3) is 6.08 Å². The summed E-state index contributed by atoms with van der Waals surface area (Å²) < 4.78 is 5.12. The summed E-state index contributed by atoms with van der Waals surface area (Å²) in [6.45, 7) is 0. The summed E-state index contributed by atoms with van der Waals surface area (Å²) in [5, 5.41) is 6.07. The number of carbonyl (C=O) groups excluding carboxylic acids is 2. The third-order valence-electron chi connectivity index (χ3n) is 3.44. The summed E-state index contributed by atoms with van der Waals surface area (Å²) in [5.41, 5.74) is 1.57. The van der Waals surface area contributed by atoms with Gasteiger partial charge in [-0.1, -0.05) is 17.7 Å². The first-order valence-corrected chi connectivity index (χ1v) is 8.17. The van der Waals surface area contributed by atoms with Crippen molar-refractivity contribution in [3.8, 4) is 0 Å². The van der Waals surface area contributed by atoms with Gasteiger partial charge in [-0.25, -0.2) is 0 Å². The zero-order valence-electron chi connectivity index (χ0n) is 13.6. The molecular weight excluding hydrogens is 352 g/mol. The molecule has 0 aliphatic heterocycles. The Hall–Kier alpha value is -3.31. The van der Waals surface area contributed by atoms with Crippen LogP contribution in [0.4, 0.5) is 11.4 Å². The molecule has 0 saturated heterocycles. The highest BCUT2D eigenvalue weighted by molar-refractivity contribution is 6.30. The summed E-state index contributed by atoms with van der Waals surface area (Å²) in [6, 6.07) is 17.0. The molecule has 2 N–H and O–H groups in total. The molecule has 0 aliphatic carbocycles. The van der Waals surface area contributed by atoms with Gasteiger partial charge in [0.2, 0.25) is 5.91 Å². The van der Waals surface area contributed by atoms with E-state index >= 15 is 0 Å². The van der Waals surface area contributed by atoms with E-state index in [1.54, 1.807) is 66.7 Å². The highest BCUT2D eigenvalue weighted by Gasteiger charge is 2.08. The number of nitrogens with one attached hydrogen (secondary N) is 2. The highest BCUT2D eigenvalue weighted by atomic mass is 35.5. The van der Waals surface area contributed by atoms with Crippen LogP contribution in [0, 0.1) is 0 Å². The molecule has 3 aromatic rings. The van der Waals surface area contributed by atoms with Crippen LogP contribution in [0.15, 0.2) is 77.4 Å². The third-order valence-corrected chi connectivity index (χ3v) is 3.69. The van der Waals surface area contributed by atoms with Crippen LogP contribution in [0.1, 0.15) is 16.1 Å². The largest absolute Gasteiger partial charge is 0.465 e. The van der Waals surface area contributed by atoms with Gasteiger partial charge in [0.25, 0.3) is 5.91 Å². The Labute approximate surface area is 155 Å². The van der Waals surface area contributed by atoms with Crippen LogP contribution in [-0.4, -0.2) is 11.8 Å². The van der Waals surface area contributed by atoms with Crippen molar-refractivity contribution in [2.75, 3.05) is 10.6 Å². The van der Waals surface area contributed by atoms with Gasteiger partial charge in [0, 0.05) is 28.0 Å². The Morgan fingerprint density at radius 3 is 2.46 bits per heavy atom. The minimum absolute atomic E-state index is 0.283. The van der Waals surface area contributed by atoms with Gasteiger partial charge in [-0.3, -0.25) is 9.59 Å². The molecule has 1 aromatic heterocycles. The van der Waals surface area contributed by atoms with Gasteiger partial charge in [-0.05, 0) is 60.7 Å². The number of amides is 2. The van der Waals surface area contributed by atoms with Crippen molar-refractivity contribution in [1.82, 2.24) is 0 Å². The minimum atomic E-state index is -0.323. The first-order valence-electron chi connectivity index (χ1n) is 7.80. The predicted molar refractivity (Wildman–Crippen MR) is 102 cm³/mol. The van der Waals surface area contributed by atoms with E-state index in [0.29, 0.717) is 27.7 Å². The van der Waals surface area contributed by atoms with E-state index < -0.39 is 0 Å². The van der Waals surface area contributed by atoms with Gasteiger partial charge in [0.1, 0.15) is 5.76 Å². The molecule has 0 atom stereocenters. The van der Waals surface area contributed by atoms with Crippen LogP contribution in [0.5, 0.6) is 0 Å². The van der Waals surface area contributed by atoms with Crippen LogP contribution in [0.2, 0.25) is 5.02 Å². The fraction of sp³-hybridized carbons (Fsp3) is 0. The van der Waals surface area contributed by atoms with Crippen molar-refractivity contribution in [3.63, 3.8) is 0 Å². The molecular formula is C20H15ClN2O3. The summed E-state index contributed by atoms with van der Waals surface area (Å²) >= 11 is 5.83. The number of carbonyl (C=O) groups is 2. The summed E-state index contributed by atoms with van der Waals surface area (Å²) in [6.07, 6.45) is 4.45.